The molecule has 0 radical (unpaired) electrons. The van der Waals surface area contributed by atoms with Crippen LogP contribution in [0.4, 0.5) is 4.39 Å². The minimum Gasteiger partial charge on any atom is -0.497 e. The third-order valence-electron chi connectivity index (χ3n) is 1.95. The monoisotopic (exact) mass is 192 g/mol. The predicted molar refractivity (Wildman–Crippen MR) is 50.7 cm³/mol. The van der Waals surface area contributed by atoms with Crippen molar-refractivity contribution in [3.05, 3.63) is 42.4 Å². The summed E-state index contributed by atoms with van der Waals surface area (Å²) in [5.41, 5.74) is 0.828. The lowest BCUT2D eigenvalue weighted by molar-refractivity contribution is 0.367. The first-order chi connectivity index (χ1) is 6.79. The molecular weight excluding hydrogens is 183 g/mol. The van der Waals surface area contributed by atoms with Crippen molar-refractivity contribution in [1.29, 1.82) is 0 Å². The molecule has 0 saturated heterocycles. The molecule has 0 spiro atoms. The van der Waals surface area contributed by atoms with E-state index in [0.717, 1.165) is 11.3 Å². The predicted octanol–water partition coefficient (Wildman–Crippen LogP) is 3.09. The SMILES string of the molecule is COc1ccc(-c2ccc(F)o2)cc1. The Morgan fingerprint density at radius 1 is 1.07 bits per heavy atom. The number of ether oxygens (including phenoxy) is 1. The Kier molecular flexibility index (Phi) is 2.23. The van der Waals surface area contributed by atoms with E-state index in [1.165, 1.54) is 6.07 Å². The molecule has 0 fully saturated rings. The topological polar surface area (TPSA) is 22.4 Å². The number of halogens is 1. The van der Waals surface area contributed by atoms with E-state index in [1.54, 1.807) is 25.3 Å². The zero-order valence-electron chi connectivity index (χ0n) is 7.66. The second-order valence-corrected chi connectivity index (χ2v) is 2.83. The highest BCUT2D eigenvalue weighted by Crippen LogP contribution is 2.23. The van der Waals surface area contributed by atoms with Gasteiger partial charge in [0.05, 0.1) is 7.11 Å². The summed E-state index contributed by atoms with van der Waals surface area (Å²) in [6.07, 6.45) is 0. The number of benzene rings is 1. The lowest BCUT2D eigenvalue weighted by atomic mass is 10.2. The lowest BCUT2D eigenvalue weighted by Gasteiger charge is -1.99. The van der Waals surface area contributed by atoms with Crippen LogP contribution < -0.4 is 4.74 Å². The molecule has 1 heterocycles. The molecule has 72 valence electrons. The highest BCUT2D eigenvalue weighted by atomic mass is 19.1. The van der Waals surface area contributed by atoms with E-state index in [4.69, 9.17) is 9.15 Å². The smallest absolute Gasteiger partial charge is 0.278 e. The van der Waals surface area contributed by atoms with E-state index in [1.807, 2.05) is 12.1 Å². The lowest BCUT2D eigenvalue weighted by Crippen LogP contribution is -1.81. The van der Waals surface area contributed by atoms with Crippen molar-refractivity contribution in [2.75, 3.05) is 7.11 Å². The fourth-order valence-corrected chi connectivity index (χ4v) is 1.22. The fourth-order valence-electron chi connectivity index (χ4n) is 1.22. The van der Waals surface area contributed by atoms with Crippen molar-refractivity contribution in [1.82, 2.24) is 0 Å². The van der Waals surface area contributed by atoms with Crippen LogP contribution in [0.5, 0.6) is 5.75 Å². The van der Waals surface area contributed by atoms with Gasteiger partial charge in [0.2, 0.25) is 0 Å². The summed E-state index contributed by atoms with van der Waals surface area (Å²) in [6.45, 7) is 0. The highest BCUT2D eigenvalue weighted by Gasteiger charge is 2.03. The van der Waals surface area contributed by atoms with Crippen LogP contribution in [0.1, 0.15) is 0 Å². The van der Waals surface area contributed by atoms with Crippen LogP contribution in [-0.2, 0) is 0 Å². The van der Waals surface area contributed by atoms with Gasteiger partial charge < -0.3 is 9.15 Å². The second-order valence-electron chi connectivity index (χ2n) is 2.83. The first kappa shape index (κ1) is 8.81. The summed E-state index contributed by atoms with van der Waals surface area (Å²) in [6, 6.07) is 9.55. The summed E-state index contributed by atoms with van der Waals surface area (Å²) in [7, 11) is 1.60. The molecule has 0 aliphatic carbocycles. The number of hydrogen-bond acceptors (Lipinski definition) is 2. The van der Waals surface area contributed by atoms with E-state index in [-0.39, 0.29) is 0 Å². The molecule has 2 aromatic rings. The molecule has 0 saturated carbocycles. The maximum atomic E-state index is 12.6. The fraction of sp³-hybridized carbons (Fsp3) is 0.0909. The van der Waals surface area contributed by atoms with Gasteiger partial charge in [-0.05, 0) is 30.3 Å². The van der Waals surface area contributed by atoms with E-state index >= 15 is 0 Å². The van der Waals surface area contributed by atoms with Crippen LogP contribution in [0, 0.1) is 6.01 Å². The van der Waals surface area contributed by atoms with Crippen LogP contribution in [0.15, 0.2) is 40.8 Å². The number of hydrogen-bond donors (Lipinski definition) is 0. The molecule has 0 N–H and O–H groups in total. The van der Waals surface area contributed by atoms with Gasteiger partial charge in [-0.15, -0.1) is 0 Å². The third-order valence-corrected chi connectivity index (χ3v) is 1.95. The van der Waals surface area contributed by atoms with Gasteiger partial charge in [0.25, 0.3) is 6.01 Å². The summed E-state index contributed by atoms with van der Waals surface area (Å²) < 4.78 is 22.4. The molecule has 0 aliphatic rings. The van der Waals surface area contributed by atoms with Gasteiger partial charge in [0.1, 0.15) is 11.5 Å². The Balaban J connectivity index is 2.33. The number of methoxy groups -OCH3 is 1. The van der Waals surface area contributed by atoms with Crippen molar-refractivity contribution < 1.29 is 13.5 Å². The Labute approximate surface area is 80.9 Å². The van der Waals surface area contributed by atoms with E-state index in [2.05, 4.69) is 0 Å². The van der Waals surface area contributed by atoms with E-state index in [9.17, 15) is 4.39 Å². The maximum Gasteiger partial charge on any atom is 0.278 e. The highest BCUT2D eigenvalue weighted by molar-refractivity contribution is 5.58. The largest absolute Gasteiger partial charge is 0.497 e. The van der Waals surface area contributed by atoms with Crippen LogP contribution in [0.25, 0.3) is 11.3 Å². The standard InChI is InChI=1S/C11H9FO2/c1-13-9-4-2-8(3-5-9)10-6-7-11(12)14-10/h2-7H,1H3. The van der Waals surface area contributed by atoms with E-state index < -0.39 is 6.01 Å². The molecule has 3 heteroatoms. The molecule has 0 aliphatic heterocycles. The summed E-state index contributed by atoms with van der Waals surface area (Å²) in [4.78, 5) is 0. The van der Waals surface area contributed by atoms with Crippen molar-refractivity contribution in [3.63, 3.8) is 0 Å². The zero-order valence-corrected chi connectivity index (χ0v) is 7.66. The van der Waals surface area contributed by atoms with Crippen molar-refractivity contribution in [2.45, 2.75) is 0 Å². The average Bonchev–Trinajstić information content (AvgIpc) is 2.65. The number of furan rings is 1. The Hall–Kier alpha value is -1.77. The van der Waals surface area contributed by atoms with Gasteiger partial charge in [0, 0.05) is 11.6 Å². The molecule has 2 nitrogen and oxygen atoms in total. The average molecular weight is 192 g/mol. The Bertz CT molecular complexity index is 417. The van der Waals surface area contributed by atoms with Crippen molar-refractivity contribution in [2.24, 2.45) is 0 Å². The summed E-state index contributed by atoms with van der Waals surface area (Å²) in [5.74, 6) is 1.28. The third kappa shape index (κ3) is 1.62. The molecule has 0 bridgehead atoms. The van der Waals surface area contributed by atoms with Gasteiger partial charge >= 0.3 is 0 Å². The van der Waals surface area contributed by atoms with Gasteiger partial charge in [-0.25, -0.2) is 0 Å². The Morgan fingerprint density at radius 3 is 2.29 bits per heavy atom. The van der Waals surface area contributed by atoms with Crippen LogP contribution >= 0.6 is 0 Å². The molecule has 0 unspecified atom stereocenters. The molecule has 0 atom stereocenters. The minimum absolute atomic E-state index is 0.519. The van der Waals surface area contributed by atoms with Crippen LogP contribution in [0.3, 0.4) is 0 Å². The molecular formula is C11H9FO2. The normalized spacial score (nSPS) is 10.1. The Morgan fingerprint density at radius 2 is 1.79 bits per heavy atom. The van der Waals surface area contributed by atoms with Crippen LogP contribution in [0.2, 0.25) is 0 Å². The maximum absolute atomic E-state index is 12.6. The second kappa shape index (κ2) is 3.54. The molecule has 0 amide bonds. The molecule has 1 aromatic heterocycles. The first-order valence-electron chi connectivity index (χ1n) is 4.19. The zero-order chi connectivity index (χ0) is 9.97. The van der Waals surface area contributed by atoms with Crippen LogP contribution in [-0.4, -0.2) is 7.11 Å². The quantitative estimate of drug-likeness (QED) is 0.729. The molecule has 1 aromatic carbocycles. The summed E-state index contributed by atoms with van der Waals surface area (Å²) >= 11 is 0. The minimum atomic E-state index is -0.573. The molecule has 2 rings (SSSR count). The van der Waals surface area contributed by atoms with E-state index in [0.29, 0.717) is 5.76 Å². The van der Waals surface area contributed by atoms with Crippen molar-refractivity contribution in [3.8, 4) is 17.1 Å². The van der Waals surface area contributed by atoms with Gasteiger partial charge in [0.15, 0.2) is 0 Å². The van der Waals surface area contributed by atoms with Crippen molar-refractivity contribution >= 4 is 0 Å². The first-order valence-corrected chi connectivity index (χ1v) is 4.19. The van der Waals surface area contributed by atoms with Gasteiger partial charge in [-0.1, -0.05) is 0 Å². The van der Waals surface area contributed by atoms with Gasteiger partial charge in [-0.3, -0.25) is 0 Å². The summed E-state index contributed by atoms with van der Waals surface area (Å²) in [5, 5.41) is 0. The molecule has 14 heavy (non-hydrogen) atoms. The van der Waals surface area contributed by atoms with Gasteiger partial charge in [-0.2, -0.15) is 4.39 Å². The number of rotatable bonds is 2.